The Kier molecular flexibility index (Phi) is 6.15. The Morgan fingerprint density at radius 3 is 2.57 bits per heavy atom. The average molecular weight is 289 g/mol. The van der Waals surface area contributed by atoms with Gasteiger partial charge in [0.05, 0.1) is 0 Å². The zero-order chi connectivity index (χ0) is 15.9. The molecular formula is C17H23NO3. The summed E-state index contributed by atoms with van der Waals surface area (Å²) in [6.07, 6.45) is 12.1. The van der Waals surface area contributed by atoms with Gasteiger partial charge in [-0.2, -0.15) is 0 Å². The van der Waals surface area contributed by atoms with E-state index in [4.69, 9.17) is 5.11 Å². The van der Waals surface area contributed by atoms with Crippen molar-refractivity contribution in [2.24, 2.45) is 5.41 Å². The molecule has 1 rings (SSSR count). The van der Waals surface area contributed by atoms with Gasteiger partial charge in [-0.25, -0.2) is 4.79 Å². The van der Waals surface area contributed by atoms with Crippen LogP contribution in [-0.2, 0) is 9.59 Å². The van der Waals surface area contributed by atoms with Crippen LogP contribution in [0.25, 0.3) is 0 Å². The second-order valence-corrected chi connectivity index (χ2v) is 5.83. The van der Waals surface area contributed by atoms with Gasteiger partial charge in [-0.3, -0.25) is 4.79 Å². The summed E-state index contributed by atoms with van der Waals surface area (Å²) in [5.74, 6) is -1.25. The number of allylic oxidation sites excluding steroid dienone is 5. The second-order valence-electron chi connectivity index (χ2n) is 5.83. The molecule has 21 heavy (non-hydrogen) atoms. The van der Waals surface area contributed by atoms with E-state index in [1.54, 1.807) is 0 Å². The maximum absolute atomic E-state index is 11.7. The summed E-state index contributed by atoms with van der Waals surface area (Å²) in [5, 5.41) is 11.0. The fraction of sp³-hybridized carbons (Fsp3) is 0.412. The van der Waals surface area contributed by atoms with E-state index in [1.807, 2.05) is 6.08 Å². The lowest BCUT2D eigenvalue weighted by molar-refractivity contribution is -0.131. The van der Waals surface area contributed by atoms with E-state index in [0.29, 0.717) is 0 Å². The van der Waals surface area contributed by atoms with Gasteiger partial charge >= 0.3 is 5.97 Å². The predicted octanol–water partition coefficient (Wildman–Crippen LogP) is 3.34. The van der Waals surface area contributed by atoms with Crippen LogP contribution in [0.5, 0.6) is 0 Å². The molecule has 0 fully saturated rings. The Labute approximate surface area is 125 Å². The van der Waals surface area contributed by atoms with Gasteiger partial charge in [-0.05, 0) is 43.3 Å². The van der Waals surface area contributed by atoms with E-state index in [-0.39, 0.29) is 11.3 Å². The Balaban J connectivity index is 2.60. The fourth-order valence-corrected chi connectivity index (χ4v) is 2.54. The van der Waals surface area contributed by atoms with Gasteiger partial charge in [-0.1, -0.05) is 31.6 Å². The molecule has 1 aliphatic carbocycles. The van der Waals surface area contributed by atoms with Gasteiger partial charge in [0, 0.05) is 18.4 Å². The first-order valence-electron chi connectivity index (χ1n) is 7.08. The normalized spacial score (nSPS) is 18.8. The molecular weight excluding hydrogens is 266 g/mol. The Morgan fingerprint density at radius 1 is 1.24 bits per heavy atom. The number of hydrogen-bond donors (Lipinski definition) is 2. The van der Waals surface area contributed by atoms with E-state index in [2.05, 4.69) is 26.1 Å². The molecule has 0 aromatic carbocycles. The molecule has 1 amide bonds. The van der Waals surface area contributed by atoms with Crippen molar-refractivity contribution in [1.29, 1.82) is 0 Å². The highest BCUT2D eigenvalue weighted by Gasteiger charge is 2.26. The summed E-state index contributed by atoms with van der Waals surface area (Å²) in [7, 11) is 0. The van der Waals surface area contributed by atoms with Crippen LogP contribution in [0.15, 0.2) is 47.7 Å². The lowest BCUT2D eigenvalue weighted by Gasteiger charge is -2.32. The summed E-state index contributed by atoms with van der Waals surface area (Å²) in [5.41, 5.74) is 2.69. The summed E-state index contributed by atoms with van der Waals surface area (Å²) < 4.78 is 0. The topological polar surface area (TPSA) is 66.4 Å². The first kappa shape index (κ1) is 17.0. The Hall–Kier alpha value is -2.10. The lowest BCUT2D eigenvalue weighted by atomic mass is 9.72. The van der Waals surface area contributed by atoms with Crippen molar-refractivity contribution in [3.8, 4) is 0 Å². The smallest absolute Gasteiger partial charge is 0.328 e. The van der Waals surface area contributed by atoms with Crippen LogP contribution in [0.2, 0.25) is 0 Å². The van der Waals surface area contributed by atoms with E-state index in [9.17, 15) is 9.59 Å². The fourth-order valence-electron chi connectivity index (χ4n) is 2.54. The molecule has 1 aliphatic rings. The molecule has 0 aromatic heterocycles. The van der Waals surface area contributed by atoms with Crippen molar-refractivity contribution in [3.63, 3.8) is 0 Å². The third-order valence-electron chi connectivity index (χ3n) is 3.62. The van der Waals surface area contributed by atoms with Gasteiger partial charge < -0.3 is 10.4 Å². The number of hydrogen-bond acceptors (Lipinski definition) is 2. The van der Waals surface area contributed by atoms with Crippen molar-refractivity contribution in [2.75, 3.05) is 0 Å². The third kappa shape index (κ3) is 5.81. The zero-order valence-corrected chi connectivity index (χ0v) is 12.8. The van der Waals surface area contributed by atoms with Crippen LogP contribution in [0.1, 0.15) is 40.0 Å². The third-order valence-corrected chi connectivity index (χ3v) is 3.62. The molecule has 0 bridgehead atoms. The molecule has 0 unspecified atom stereocenters. The molecule has 0 spiro atoms. The average Bonchev–Trinajstić information content (AvgIpc) is 2.36. The number of amides is 1. The molecule has 4 nitrogen and oxygen atoms in total. The Bertz CT molecular complexity index is 522. The van der Waals surface area contributed by atoms with Gasteiger partial charge in [0.2, 0.25) is 5.91 Å². The number of aliphatic carboxylic acids is 1. The van der Waals surface area contributed by atoms with Crippen molar-refractivity contribution < 1.29 is 14.7 Å². The monoisotopic (exact) mass is 289 g/mol. The molecule has 0 heterocycles. The Morgan fingerprint density at radius 2 is 1.95 bits per heavy atom. The summed E-state index contributed by atoms with van der Waals surface area (Å²) in [4.78, 5) is 21.9. The summed E-state index contributed by atoms with van der Waals surface area (Å²) >= 11 is 0. The van der Waals surface area contributed by atoms with Gasteiger partial charge in [0.15, 0.2) is 0 Å². The molecule has 4 heteroatoms. The SMILES string of the molecule is CC1=C(/C=C/C(=O)N/C=C/C=C/C(=O)O)C(C)(C)CCC1. The molecule has 0 aromatic rings. The zero-order valence-electron chi connectivity index (χ0n) is 12.8. The minimum absolute atomic E-state index is 0.110. The van der Waals surface area contributed by atoms with E-state index >= 15 is 0 Å². The number of rotatable bonds is 5. The van der Waals surface area contributed by atoms with Crippen LogP contribution in [0, 0.1) is 5.41 Å². The lowest BCUT2D eigenvalue weighted by Crippen LogP contribution is -2.20. The largest absolute Gasteiger partial charge is 0.478 e. The first-order valence-corrected chi connectivity index (χ1v) is 7.08. The maximum atomic E-state index is 11.7. The highest BCUT2D eigenvalue weighted by atomic mass is 16.4. The van der Waals surface area contributed by atoms with Crippen molar-refractivity contribution in [2.45, 2.75) is 40.0 Å². The van der Waals surface area contributed by atoms with Gasteiger partial charge in [0.1, 0.15) is 0 Å². The molecule has 114 valence electrons. The highest BCUT2D eigenvalue weighted by molar-refractivity contribution is 5.88. The molecule has 0 saturated carbocycles. The molecule has 0 atom stereocenters. The van der Waals surface area contributed by atoms with E-state index in [1.165, 1.54) is 42.0 Å². The first-order chi connectivity index (χ1) is 9.83. The molecule has 0 aliphatic heterocycles. The van der Waals surface area contributed by atoms with Crippen LogP contribution >= 0.6 is 0 Å². The number of carbonyl (C=O) groups excluding carboxylic acids is 1. The number of carbonyl (C=O) groups is 2. The summed E-state index contributed by atoms with van der Waals surface area (Å²) in [6, 6.07) is 0. The number of carboxylic acid groups (broad SMARTS) is 1. The minimum atomic E-state index is -1.02. The van der Waals surface area contributed by atoms with Crippen molar-refractivity contribution >= 4 is 11.9 Å². The predicted molar refractivity (Wildman–Crippen MR) is 83.5 cm³/mol. The standard InChI is InChI=1S/C17H23NO3/c1-13-7-6-11-17(2,3)14(13)9-10-15(19)18-12-5-4-8-16(20)21/h4-5,8-10,12H,6-7,11H2,1-3H3,(H,18,19)(H,20,21)/b8-4+,10-9+,12-5+. The van der Waals surface area contributed by atoms with Gasteiger partial charge in [0.25, 0.3) is 0 Å². The van der Waals surface area contributed by atoms with E-state index in [0.717, 1.165) is 18.9 Å². The van der Waals surface area contributed by atoms with Crippen LogP contribution in [0.3, 0.4) is 0 Å². The molecule has 0 radical (unpaired) electrons. The molecule has 2 N–H and O–H groups in total. The number of carboxylic acids is 1. The minimum Gasteiger partial charge on any atom is -0.478 e. The van der Waals surface area contributed by atoms with Gasteiger partial charge in [-0.15, -0.1) is 0 Å². The van der Waals surface area contributed by atoms with Crippen LogP contribution in [0.4, 0.5) is 0 Å². The summed E-state index contributed by atoms with van der Waals surface area (Å²) in [6.45, 7) is 6.52. The molecule has 0 saturated heterocycles. The van der Waals surface area contributed by atoms with Crippen LogP contribution in [-0.4, -0.2) is 17.0 Å². The van der Waals surface area contributed by atoms with Crippen LogP contribution < -0.4 is 5.32 Å². The quantitative estimate of drug-likeness (QED) is 0.602. The maximum Gasteiger partial charge on any atom is 0.328 e. The van der Waals surface area contributed by atoms with E-state index < -0.39 is 5.97 Å². The highest BCUT2D eigenvalue weighted by Crippen LogP contribution is 2.40. The number of nitrogens with one attached hydrogen (secondary N) is 1. The van der Waals surface area contributed by atoms with Crippen molar-refractivity contribution in [3.05, 3.63) is 47.7 Å². The van der Waals surface area contributed by atoms with Crippen molar-refractivity contribution in [1.82, 2.24) is 5.32 Å². The second kappa shape index (κ2) is 7.62.